The average Bonchev–Trinajstić information content (AvgIpc) is 2.66. The predicted octanol–water partition coefficient (Wildman–Crippen LogP) is 3.62. The number of hydrogen-bond acceptors (Lipinski definition) is 4. The summed E-state index contributed by atoms with van der Waals surface area (Å²) in [5, 5.41) is 22.9. The van der Waals surface area contributed by atoms with Crippen molar-refractivity contribution in [2.45, 2.75) is 33.7 Å². The largest absolute Gasteiger partial charge is 0.507 e. The lowest BCUT2D eigenvalue weighted by Gasteiger charge is -2.22. The molecule has 0 spiro atoms. The van der Waals surface area contributed by atoms with Gasteiger partial charge in [0.15, 0.2) is 0 Å². The molecule has 1 aromatic rings. The molecule has 0 amide bonds. The van der Waals surface area contributed by atoms with E-state index in [4.69, 9.17) is 0 Å². The molecule has 116 valence electrons. The van der Waals surface area contributed by atoms with Crippen LogP contribution in [0.4, 0.5) is 0 Å². The lowest BCUT2D eigenvalue weighted by atomic mass is 9.92. The van der Waals surface area contributed by atoms with Gasteiger partial charge in [0, 0.05) is 31.1 Å². The van der Waals surface area contributed by atoms with Gasteiger partial charge in [-0.05, 0) is 18.1 Å². The van der Waals surface area contributed by atoms with Crippen molar-refractivity contribution in [2.24, 2.45) is 11.1 Å². The van der Waals surface area contributed by atoms with E-state index >= 15 is 0 Å². The van der Waals surface area contributed by atoms with E-state index in [-0.39, 0.29) is 11.7 Å². The molecule has 1 aliphatic heterocycles. The van der Waals surface area contributed by atoms with Crippen LogP contribution in [0.15, 0.2) is 36.0 Å². The van der Waals surface area contributed by atoms with E-state index in [2.05, 4.69) is 23.6 Å². The van der Waals surface area contributed by atoms with E-state index in [0.29, 0.717) is 11.3 Å². The van der Waals surface area contributed by atoms with Crippen molar-refractivity contribution in [1.82, 2.24) is 4.90 Å². The minimum Gasteiger partial charge on any atom is -0.507 e. The third kappa shape index (κ3) is 3.85. The SMILES string of the molecule is C=CCN1Cc2cccc(O)c2/C(=N/O)C(CC)C1.CC. The molecule has 2 N–H and O–H groups in total. The van der Waals surface area contributed by atoms with Crippen LogP contribution in [0.5, 0.6) is 5.75 Å². The van der Waals surface area contributed by atoms with Crippen LogP contribution in [0.25, 0.3) is 0 Å². The first-order chi connectivity index (χ1) is 10.2. The van der Waals surface area contributed by atoms with Gasteiger partial charge in [-0.15, -0.1) is 6.58 Å². The normalized spacial score (nSPS) is 20.1. The molecule has 1 aliphatic rings. The highest BCUT2D eigenvalue weighted by molar-refractivity contribution is 6.05. The summed E-state index contributed by atoms with van der Waals surface area (Å²) in [4.78, 5) is 2.25. The van der Waals surface area contributed by atoms with Crippen molar-refractivity contribution in [3.8, 4) is 5.75 Å². The fourth-order valence-corrected chi connectivity index (χ4v) is 2.70. The zero-order valence-corrected chi connectivity index (χ0v) is 13.2. The molecule has 1 atom stereocenters. The van der Waals surface area contributed by atoms with Gasteiger partial charge < -0.3 is 10.3 Å². The number of oxime groups is 1. The standard InChI is InChI=1S/C15H20N2O2.C2H6/c1-3-8-17-9-11(4-2)15(16-19)14-12(10-17)6-5-7-13(14)18;1-2/h3,5-7,11,18-19H,1,4,8-10H2,2H3;1-2H3/b16-15+;. The Kier molecular flexibility index (Phi) is 6.96. The van der Waals surface area contributed by atoms with E-state index in [1.54, 1.807) is 6.07 Å². The Morgan fingerprint density at radius 1 is 1.43 bits per heavy atom. The zero-order valence-electron chi connectivity index (χ0n) is 13.2. The molecule has 0 bridgehead atoms. The van der Waals surface area contributed by atoms with Gasteiger partial charge in [0.1, 0.15) is 5.75 Å². The Hall–Kier alpha value is -1.81. The predicted molar refractivity (Wildman–Crippen MR) is 87.0 cm³/mol. The average molecular weight is 290 g/mol. The summed E-state index contributed by atoms with van der Waals surface area (Å²) in [6.07, 6.45) is 2.73. The second-order valence-electron chi connectivity index (χ2n) is 4.88. The van der Waals surface area contributed by atoms with Crippen LogP contribution >= 0.6 is 0 Å². The molecule has 0 saturated heterocycles. The fourth-order valence-electron chi connectivity index (χ4n) is 2.70. The van der Waals surface area contributed by atoms with Gasteiger partial charge in [-0.1, -0.05) is 44.1 Å². The highest BCUT2D eigenvalue weighted by Crippen LogP contribution is 2.30. The molecule has 4 nitrogen and oxygen atoms in total. The third-order valence-corrected chi connectivity index (χ3v) is 3.63. The lowest BCUT2D eigenvalue weighted by Crippen LogP contribution is -2.29. The molecule has 1 heterocycles. The van der Waals surface area contributed by atoms with Crippen LogP contribution in [-0.4, -0.2) is 34.0 Å². The number of nitrogens with zero attached hydrogens (tertiary/aromatic N) is 2. The summed E-state index contributed by atoms with van der Waals surface area (Å²) < 4.78 is 0. The van der Waals surface area contributed by atoms with Crippen LogP contribution in [0, 0.1) is 5.92 Å². The first kappa shape index (κ1) is 17.2. The van der Waals surface area contributed by atoms with Crippen molar-refractivity contribution in [2.75, 3.05) is 13.1 Å². The van der Waals surface area contributed by atoms with Crippen molar-refractivity contribution in [3.63, 3.8) is 0 Å². The van der Waals surface area contributed by atoms with E-state index in [1.165, 1.54) is 0 Å². The summed E-state index contributed by atoms with van der Waals surface area (Å²) in [5.74, 6) is 0.295. The highest BCUT2D eigenvalue weighted by Gasteiger charge is 2.28. The van der Waals surface area contributed by atoms with Crippen LogP contribution in [-0.2, 0) is 6.54 Å². The molecular formula is C17H26N2O2. The topological polar surface area (TPSA) is 56.1 Å². The molecular weight excluding hydrogens is 264 g/mol. The van der Waals surface area contributed by atoms with Gasteiger partial charge in [-0.3, -0.25) is 4.90 Å². The van der Waals surface area contributed by atoms with Crippen LogP contribution in [0.1, 0.15) is 38.3 Å². The molecule has 4 heteroatoms. The van der Waals surface area contributed by atoms with Gasteiger partial charge in [-0.2, -0.15) is 0 Å². The number of fused-ring (bicyclic) bond motifs is 1. The molecule has 1 aromatic carbocycles. The van der Waals surface area contributed by atoms with Crippen molar-refractivity contribution in [1.29, 1.82) is 0 Å². The first-order valence-electron chi connectivity index (χ1n) is 7.57. The molecule has 0 radical (unpaired) electrons. The third-order valence-electron chi connectivity index (χ3n) is 3.63. The quantitative estimate of drug-likeness (QED) is 0.508. The van der Waals surface area contributed by atoms with E-state index in [1.807, 2.05) is 32.1 Å². The van der Waals surface area contributed by atoms with Gasteiger partial charge in [0.05, 0.1) is 5.71 Å². The summed E-state index contributed by atoms with van der Waals surface area (Å²) in [7, 11) is 0. The molecule has 0 fully saturated rings. The monoisotopic (exact) mass is 290 g/mol. The van der Waals surface area contributed by atoms with E-state index < -0.39 is 0 Å². The summed E-state index contributed by atoms with van der Waals surface area (Å²) in [5.41, 5.74) is 2.26. The van der Waals surface area contributed by atoms with Gasteiger partial charge in [0.2, 0.25) is 0 Å². The van der Waals surface area contributed by atoms with E-state index in [0.717, 1.165) is 31.6 Å². The van der Waals surface area contributed by atoms with Gasteiger partial charge in [-0.25, -0.2) is 0 Å². The van der Waals surface area contributed by atoms with Crippen molar-refractivity contribution in [3.05, 3.63) is 42.0 Å². The van der Waals surface area contributed by atoms with Crippen LogP contribution < -0.4 is 0 Å². The molecule has 21 heavy (non-hydrogen) atoms. The Balaban J connectivity index is 0.00000106. The second kappa shape index (κ2) is 8.47. The maximum atomic E-state index is 10.1. The number of aromatic hydroxyl groups is 1. The van der Waals surface area contributed by atoms with Gasteiger partial charge in [0.25, 0.3) is 0 Å². The van der Waals surface area contributed by atoms with Crippen molar-refractivity contribution >= 4 is 5.71 Å². The molecule has 0 aromatic heterocycles. The Morgan fingerprint density at radius 3 is 2.71 bits per heavy atom. The Labute approximate surface area is 127 Å². The fraction of sp³-hybridized carbons (Fsp3) is 0.471. The highest BCUT2D eigenvalue weighted by atomic mass is 16.4. The maximum Gasteiger partial charge on any atom is 0.125 e. The summed E-state index contributed by atoms with van der Waals surface area (Å²) in [6, 6.07) is 5.43. The smallest absolute Gasteiger partial charge is 0.125 e. The van der Waals surface area contributed by atoms with E-state index in [9.17, 15) is 10.3 Å². The van der Waals surface area contributed by atoms with Crippen LogP contribution in [0.2, 0.25) is 0 Å². The number of phenolic OH excluding ortho intramolecular Hbond substituents is 1. The minimum atomic E-state index is 0.111. The molecule has 0 saturated carbocycles. The van der Waals surface area contributed by atoms with Crippen LogP contribution in [0.3, 0.4) is 0 Å². The summed E-state index contributed by atoms with van der Waals surface area (Å²) >= 11 is 0. The first-order valence-corrected chi connectivity index (χ1v) is 7.57. The lowest BCUT2D eigenvalue weighted by molar-refractivity contribution is 0.268. The molecule has 0 aliphatic carbocycles. The second-order valence-corrected chi connectivity index (χ2v) is 4.88. The number of hydrogen-bond donors (Lipinski definition) is 2. The maximum absolute atomic E-state index is 10.1. The Bertz CT molecular complexity index is 498. The molecule has 2 rings (SSSR count). The summed E-state index contributed by atoms with van der Waals surface area (Å²) in [6.45, 7) is 12.2. The minimum absolute atomic E-state index is 0.111. The number of phenols is 1. The number of benzene rings is 1. The zero-order chi connectivity index (χ0) is 15.8. The van der Waals surface area contributed by atoms with Gasteiger partial charge >= 0.3 is 0 Å². The Morgan fingerprint density at radius 2 is 2.14 bits per heavy atom. The molecule has 1 unspecified atom stereocenters. The number of rotatable bonds is 3. The van der Waals surface area contributed by atoms with Crippen molar-refractivity contribution < 1.29 is 10.3 Å².